The Morgan fingerprint density at radius 1 is 1.24 bits per heavy atom. The maximum absolute atomic E-state index is 5.98. The van der Waals surface area contributed by atoms with Crippen LogP contribution in [0.5, 0.6) is 5.75 Å². The van der Waals surface area contributed by atoms with Crippen molar-refractivity contribution in [3.8, 4) is 5.75 Å². The summed E-state index contributed by atoms with van der Waals surface area (Å²) in [4.78, 5) is 2.07. The minimum atomic E-state index is 0.0465. The van der Waals surface area contributed by atoms with E-state index in [1.165, 1.54) is 5.56 Å². The van der Waals surface area contributed by atoms with E-state index >= 15 is 0 Å². The molecule has 2 N–H and O–H groups in total. The molecule has 17 heavy (non-hydrogen) atoms. The molecule has 1 atom stereocenters. The van der Waals surface area contributed by atoms with Crippen molar-refractivity contribution in [1.82, 2.24) is 4.90 Å². The van der Waals surface area contributed by atoms with Gasteiger partial charge >= 0.3 is 0 Å². The standard InChI is InChI=1S/C14H24N2O/c1-11(2)13-7-5-6-8-14(13)17-10-12(15)9-16(3)4/h5-8,11-12H,9-10,15H2,1-4H3. The first-order valence-corrected chi connectivity index (χ1v) is 6.12. The number of para-hydroxylation sites is 1. The minimum absolute atomic E-state index is 0.0465. The lowest BCUT2D eigenvalue weighted by atomic mass is 10.0. The molecular weight excluding hydrogens is 212 g/mol. The van der Waals surface area contributed by atoms with Gasteiger partial charge in [0, 0.05) is 6.54 Å². The molecule has 1 aromatic carbocycles. The average Bonchev–Trinajstić information content (AvgIpc) is 2.25. The molecule has 0 amide bonds. The summed E-state index contributed by atoms with van der Waals surface area (Å²) in [6.45, 7) is 5.73. The van der Waals surface area contributed by atoms with Gasteiger partial charge in [-0.05, 0) is 31.6 Å². The molecule has 1 unspecified atom stereocenters. The molecule has 1 rings (SSSR count). The van der Waals surface area contributed by atoms with Gasteiger partial charge in [-0.25, -0.2) is 0 Å². The lowest BCUT2D eigenvalue weighted by Crippen LogP contribution is -2.38. The molecule has 96 valence electrons. The molecule has 0 bridgehead atoms. The van der Waals surface area contributed by atoms with Crippen LogP contribution in [0.3, 0.4) is 0 Å². The second-order valence-corrected chi connectivity index (χ2v) is 5.03. The number of hydrogen-bond acceptors (Lipinski definition) is 3. The molecule has 0 spiro atoms. The predicted octanol–water partition coefficient (Wildman–Crippen LogP) is 2.08. The number of ether oxygens (including phenoxy) is 1. The van der Waals surface area contributed by atoms with E-state index in [0.717, 1.165) is 12.3 Å². The Kier molecular flexibility index (Phi) is 5.45. The molecule has 1 aromatic rings. The number of likely N-dealkylation sites (N-methyl/N-ethyl adjacent to an activating group) is 1. The van der Waals surface area contributed by atoms with E-state index in [-0.39, 0.29) is 6.04 Å². The van der Waals surface area contributed by atoms with Gasteiger partial charge < -0.3 is 15.4 Å². The van der Waals surface area contributed by atoms with Crippen molar-refractivity contribution in [3.63, 3.8) is 0 Å². The summed E-state index contributed by atoms with van der Waals surface area (Å²) in [5, 5.41) is 0. The van der Waals surface area contributed by atoms with Crippen molar-refractivity contribution < 1.29 is 4.74 Å². The summed E-state index contributed by atoms with van der Waals surface area (Å²) in [5.74, 6) is 1.42. The van der Waals surface area contributed by atoms with Crippen LogP contribution in [-0.2, 0) is 0 Å². The van der Waals surface area contributed by atoms with Crippen molar-refractivity contribution in [3.05, 3.63) is 29.8 Å². The average molecular weight is 236 g/mol. The maximum atomic E-state index is 5.98. The van der Waals surface area contributed by atoms with Gasteiger partial charge in [-0.3, -0.25) is 0 Å². The maximum Gasteiger partial charge on any atom is 0.122 e. The van der Waals surface area contributed by atoms with Crippen LogP contribution in [0.15, 0.2) is 24.3 Å². The summed E-state index contributed by atoms with van der Waals surface area (Å²) in [7, 11) is 4.03. The van der Waals surface area contributed by atoms with E-state index in [4.69, 9.17) is 10.5 Å². The number of nitrogens with two attached hydrogens (primary N) is 1. The van der Waals surface area contributed by atoms with Gasteiger partial charge in [0.25, 0.3) is 0 Å². The summed E-state index contributed by atoms with van der Waals surface area (Å²) < 4.78 is 5.81. The van der Waals surface area contributed by atoms with Crippen LogP contribution in [0.4, 0.5) is 0 Å². The molecule has 0 aliphatic heterocycles. The van der Waals surface area contributed by atoms with Gasteiger partial charge in [-0.15, -0.1) is 0 Å². The lowest BCUT2D eigenvalue weighted by molar-refractivity contribution is 0.252. The van der Waals surface area contributed by atoms with Crippen LogP contribution >= 0.6 is 0 Å². The highest BCUT2D eigenvalue weighted by Gasteiger charge is 2.09. The van der Waals surface area contributed by atoms with Crippen LogP contribution in [0.2, 0.25) is 0 Å². The van der Waals surface area contributed by atoms with E-state index < -0.39 is 0 Å². The highest BCUT2D eigenvalue weighted by atomic mass is 16.5. The van der Waals surface area contributed by atoms with Gasteiger partial charge in [0.15, 0.2) is 0 Å². The fraction of sp³-hybridized carbons (Fsp3) is 0.571. The van der Waals surface area contributed by atoms with Gasteiger partial charge in [0.05, 0.1) is 6.04 Å². The molecule has 0 fully saturated rings. The SMILES string of the molecule is CC(C)c1ccccc1OCC(N)CN(C)C. The number of nitrogens with zero attached hydrogens (tertiary/aromatic N) is 1. The summed E-state index contributed by atoms with van der Waals surface area (Å²) in [6.07, 6.45) is 0. The molecular formula is C14H24N2O. The quantitative estimate of drug-likeness (QED) is 0.822. The van der Waals surface area contributed by atoms with Crippen LogP contribution < -0.4 is 10.5 Å². The Labute approximate surface area is 105 Å². The van der Waals surface area contributed by atoms with Crippen LogP contribution in [0.25, 0.3) is 0 Å². The van der Waals surface area contributed by atoms with Crippen molar-refractivity contribution in [2.75, 3.05) is 27.2 Å². The summed E-state index contributed by atoms with van der Waals surface area (Å²) in [5.41, 5.74) is 7.22. The molecule has 0 aliphatic carbocycles. The predicted molar refractivity (Wildman–Crippen MR) is 72.6 cm³/mol. The van der Waals surface area contributed by atoms with Gasteiger partial charge in [-0.2, -0.15) is 0 Å². The highest BCUT2D eigenvalue weighted by Crippen LogP contribution is 2.25. The largest absolute Gasteiger partial charge is 0.492 e. The van der Waals surface area contributed by atoms with E-state index in [0.29, 0.717) is 12.5 Å². The smallest absolute Gasteiger partial charge is 0.122 e. The Balaban J connectivity index is 2.57. The van der Waals surface area contributed by atoms with E-state index in [1.54, 1.807) is 0 Å². The van der Waals surface area contributed by atoms with Crippen LogP contribution in [0, 0.1) is 0 Å². The summed E-state index contributed by atoms with van der Waals surface area (Å²) >= 11 is 0. The monoisotopic (exact) mass is 236 g/mol. The highest BCUT2D eigenvalue weighted by molar-refractivity contribution is 5.35. The van der Waals surface area contributed by atoms with E-state index in [9.17, 15) is 0 Å². The van der Waals surface area contributed by atoms with E-state index in [2.05, 4.69) is 24.8 Å². The van der Waals surface area contributed by atoms with Crippen molar-refractivity contribution in [1.29, 1.82) is 0 Å². The minimum Gasteiger partial charge on any atom is -0.492 e. The van der Waals surface area contributed by atoms with E-state index in [1.807, 2.05) is 32.3 Å². The van der Waals surface area contributed by atoms with Crippen molar-refractivity contribution in [2.24, 2.45) is 5.73 Å². The molecule has 0 heterocycles. The van der Waals surface area contributed by atoms with Gasteiger partial charge in [0.1, 0.15) is 12.4 Å². The molecule has 0 saturated carbocycles. The first-order valence-electron chi connectivity index (χ1n) is 6.12. The second kappa shape index (κ2) is 6.62. The third-order valence-electron chi connectivity index (χ3n) is 2.59. The zero-order valence-electron chi connectivity index (χ0n) is 11.3. The van der Waals surface area contributed by atoms with Crippen molar-refractivity contribution >= 4 is 0 Å². The third-order valence-corrected chi connectivity index (χ3v) is 2.59. The number of benzene rings is 1. The normalized spacial score (nSPS) is 13.1. The molecule has 0 radical (unpaired) electrons. The van der Waals surface area contributed by atoms with Crippen LogP contribution in [-0.4, -0.2) is 38.2 Å². The molecule has 0 aromatic heterocycles. The lowest BCUT2D eigenvalue weighted by Gasteiger charge is -2.19. The number of hydrogen-bond donors (Lipinski definition) is 1. The Hall–Kier alpha value is -1.06. The first kappa shape index (κ1) is 14.0. The number of rotatable bonds is 6. The van der Waals surface area contributed by atoms with Gasteiger partial charge in [0.2, 0.25) is 0 Å². The Morgan fingerprint density at radius 3 is 2.47 bits per heavy atom. The third kappa shape index (κ3) is 4.75. The first-order chi connectivity index (χ1) is 8.00. The Bertz CT molecular complexity index is 337. The molecule has 3 heteroatoms. The Morgan fingerprint density at radius 2 is 1.88 bits per heavy atom. The fourth-order valence-electron chi connectivity index (χ4n) is 1.81. The second-order valence-electron chi connectivity index (χ2n) is 5.03. The zero-order chi connectivity index (χ0) is 12.8. The molecule has 0 saturated heterocycles. The van der Waals surface area contributed by atoms with Crippen LogP contribution in [0.1, 0.15) is 25.3 Å². The fourth-order valence-corrected chi connectivity index (χ4v) is 1.81. The van der Waals surface area contributed by atoms with Crippen molar-refractivity contribution in [2.45, 2.75) is 25.8 Å². The molecule has 3 nitrogen and oxygen atoms in total. The zero-order valence-corrected chi connectivity index (χ0v) is 11.3. The van der Waals surface area contributed by atoms with Gasteiger partial charge in [-0.1, -0.05) is 32.0 Å². The summed E-state index contributed by atoms with van der Waals surface area (Å²) in [6, 6.07) is 8.21. The molecule has 0 aliphatic rings. The topological polar surface area (TPSA) is 38.5 Å².